The third kappa shape index (κ3) is 2.91. The highest BCUT2D eigenvalue weighted by Crippen LogP contribution is 2.27. The van der Waals surface area contributed by atoms with Gasteiger partial charge in [0.25, 0.3) is 10.0 Å². The number of hydrogen-bond acceptors (Lipinski definition) is 3. The summed E-state index contributed by atoms with van der Waals surface area (Å²) in [6.07, 6.45) is 3.92. The van der Waals surface area contributed by atoms with E-state index >= 15 is 0 Å². The highest BCUT2D eigenvalue weighted by Gasteiger charge is 2.19. The van der Waals surface area contributed by atoms with Gasteiger partial charge in [0.2, 0.25) is 0 Å². The molecule has 0 amide bonds. The maximum Gasteiger partial charge on any atom is 0.264 e. The van der Waals surface area contributed by atoms with Crippen LogP contribution >= 0.6 is 0 Å². The molecule has 0 bridgehead atoms. The third-order valence-corrected chi connectivity index (χ3v) is 5.69. The van der Waals surface area contributed by atoms with Gasteiger partial charge in [0.05, 0.1) is 11.9 Å². The molecule has 4 rings (SSSR count). The Balaban J connectivity index is 1.60. The van der Waals surface area contributed by atoms with Crippen LogP contribution in [0.2, 0.25) is 0 Å². The highest BCUT2D eigenvalue weighted by molar-refractivity contribution is 7.92. The fourth-order valence-electron chi connectivity index (χ4n) is 3.07. The average molecular weight is 357 g/mol. The lowest BCUT2D eigenvalue weighted by Crippen LogP contribution is -2.14. The lowest BCUT2D eigenvalue weighted by Gasteiger charge is -2.10. The lowest BCUT2D eigenvalue weighted by molar-refractivity contribution is 0.570. The van der Waals surface area contributed by atoms with Crippen molar-refractivity contribution in [2.45, 2.75) is 24.3 Å². The minimum Gasteiger partial charge on any atom is -0.328 e. The van der Waals surface area contributed by atoms with Crippen molar-refractivity contribution in [3.8, 4) is 11.3 Å². The summed E-state index contributed by atoms with van der Waals surface area (Å²) in [7, 11) is -3.96. The molecule has 1 aliphatic rings. The van der Waals surface area contributed by atoms with Gasteiger partial charge < -0.3 is 4.57 Å². The Morgan fingerprint density at radius 3 is 2.60 bits per heavy atom. The van der Waals surface area contributed by atoms with Crippen LogP contribution in [0.3, 0.4) is 0 Å². The molecule has 0 radical (unpaired) electrons. The Labute approximate surface area is 145 Å². The van der Waals surface area contributed by atoms with E-state index in [-0.39, 0.29) is 4.90 Å². The summed E-state index contributed by atoms with van der Waals surface area (Å²) in [5.41, 5.74) is 2.37. The fourth-order valence-corrected chi connectivity index (χ4v) is 4.21. The van der Waals surface area contributed by atoms with Crippen LogP contribution in [0.5, 0.6) is 0 Å². The smallest absolute Gasteiger partial charge is 0.264 e. The van der Waals surface area contributed by atoms with Crippen LogP contribution in [-0.2, 0) is 23.0 Å². The van der Waals surface area contributed by atoms with E-state index in [0.29, 0.717) is 5.69 Å². The van der Waals surface area contributed by atoms with Gasteiger partial charge in [0.15, 0.2) is 0 Å². The number of hydrogen-bond donors (Lipinski definition) is 1. The van der Waals surface area contributed by atoms with Crippen LogP contribution in [0.25, 0.3) is 11.3 Å². The monoisotopic (exact) mass is 357 g/mol. The molecule has 128 valence electrons. The van der Waals surface area contributed by atoms with Crippen molar-refractivity contribution in [2.24, 2.45) is 0 Å². The summed E-state index contributed by atoms with van der Waals surface area (Å²) >= 11 is 0. The number of rotatable bonds is 4. The number of fused-ring (bicyclic) bond motifs is 1. The Morgan fingerprint density at radius 1 is 1.08 bits per heavy atom. The number of aromatic nitrogens is 2. The molecule has 1 aromatic heterocycles. The van der Waals surface area contributed by atoms with Crippen LogP contribution in [0, 0.1) is 5.82 Å². The molecule has 1 N–H and O–H groups in total. The van der Waals surface area contributed by atoms with Gasteiger partial charge in [0, 0.05) is 18.7 Å². The number of halogens is 1. The highest BCUT2D eigenvalue weighted by atomic mass is 32.2. The molecular formula is C18H16FN3O2S. The second kappa shape index (κ2) is 6.00. The van der Waals surface area contributed by atoms with E-state index < -0.39 is 15.8 Å². The van der Waals surface area contributed by atoms with Gasteiger partial charge in [-0.2, -0.15) is 0 Å². The lowest BCUT2D eigenvalue weighted by atomic mass is 10.1. The fraction of sp³-hybridized carbons (Fsp3) is 0.167. The van der Waals surface area contributed by atoms with E-state index in [9.17, 15) is 12.8 Å². The topological polar surface area (TPSA) is 64.0 Å². The normalized spacial score (nSPS) is 13.6. The van der Waals surface area contributed by atoms with Crippen molar-refractivity contribution < 1.29 is 12.8 Å². The molecule has 0 atom stereocenters. The van der Waals surface area contributed by atoms with Crippen molar-refractivity contribution in [1.29, 1.82) is 0 Å². The first-order valence-corrected chi connectivity index (χ1v) is 9.45. The molecule has 0 saturated carbocycles. The van der Waals surface area contributed by atoms with Gasteiger partial charge in [0.1, 0.15) is 16.5 Å². The van der Waals surface area contributed by atoms with Crippen LogP contribution in [0.4, 0.5) is 10.1 Å². The minimum absolute atomic E-state index is 0.368. The van der Waals surface area contributed by atoms with E-state index in [1.54, 1.807) is 12.1 Å². The van der Waals surface area contributed by atoms with Crippen molar-refractivity contribution >= 4 is 15.7 Å². The van der Waals surface area contributed by atoms with Crippen molar-refractivity contribution in [2.75, 3.05) is 4.72 Å². The van der Waals surface area contributed by atoms with Crippen molar-refractivity contribution in [1.82, 2.24) is 9.55 Å². The molecule has 7 heteroatoms. The Morgan fingerprint density at radius 2 is 1.84 bits per heavy atom. The Bertz CT molecular complexity index is 1030. The zero-order chi connectivity index (χ0) is 17.4. The van der Waals surface area contributed by atoms with Crippen molar-refractivity contribution in [3.63, 3.8) is 0 Å². The van der Waals surface area contributed by atoms with E-state index in [1.807, 2.05) is 18.3 Å². The van der Waals surface area contributed by atoms with Crippen LogP contribution < -0.4 is 4.72 Å². The van der Waals surface area contributed by atoms with Gasteiger partial charge in [-0.15, -0.1) is 0 Å². The SMILES string of the molecule is O=S(=O)(Nc1ccc(-c2cnc3n2CCC3)cc1)c1ccccc1F. The molecule has 2 heterocycles. The summed E-state index contributed by atoms with van der Waals surface area (Å²) in [6, 6.07) is 12.3. The van der Waals surface area contributed by atoms with Gasteiger partial charge in [-0.25, -0.2) is 17.8 Å². The number of benzene rings is 2. The number of sulfonamides is 1. The number of anilines is 1. The summed E-state index contributed by atoms with van der Waals surface area (Å²) in [5.74, 6) is 0.306. The first kappa shape index (κ1) is 15.8. The maximum absolute atomic E-state index is 13.7. The quantitative estimate of drug-likeness (QED) is 0.778. The summed E-state index contributed by atoms with van der Waals surface area (Å²) in [6.45, 7) is 0.951. The zero-order valence-electron chi connectivity index (χ0n) is 13.3. The first-order valence-electron chi connectivity index (χ1n) is 7.97. The van der Waals surface area contributed by atoms with Gasteiger partial charge in [-0.05, 0) is 36.2 Å². The van der Waals surface area contributed by atoms with E-state index in [2.05, 4.69) is 14.3 Å². The second-order valence-electron chi connectivity index (χ2n) is 5.93. The van der Waals surface area contributed by atoms with E-state index in [0.717, 1.165) is 42.5 Å². The van der Waals surface area contributed by atoms with Gasteiger partial charge in [-0.1, -0.05) is 24.3 Å². The molecule has 0 fully saturated rings. The molecule has 0 spiro atoms. The third-order valence-electron chi connectivity index (χ3n) is 4.28. The minimum atomic E-state index is -3.96. The number of nitrogens with one attached hydrogen (secondary N) is 1. The molecule has 0 aliphatic carbocycles. The molecule has 0 unspecified atom stereocenters. The summed E-state index contributed by atoms with van der Waals surface area (Å²) in [5, 5.41) is 0. The van der Waals surface area contributed by atoms with E-state index in [4.69, 9.17) is 0 Å². The maximum atomic E-state index is 13.7. The Hall–Kier alpha value is -2.67. The van der Waals surface area contributed by atoms with Crippen LogP contribution in [-0.4, -0.2) is 18.0 Å². The molecule has 25 heavy (non-hydrogen) atoms. The number of imidazole rings is 1. The number of nitrogens with zero attached hydrogens (tertiary/aromatic N) is 2. The first-order chi connectivity index (χ1) is 12.0. The second-order valence-corrected chi connectivity index (χ2v) is 7.58. The molecule has 0 saturated heterocycles. The van der Waals surface area contributed by atoms with E-state index in [1.165, 1.54) is 18.2 Å². The molecule has 3 aromatic rings. The summed E-state index contributed by atoms with van der Waals surface area (Å²) < 4.78 is 43.0. The standard InChI is InChI=1S/C18H16FN3O2S/c19-15-4-1-2-5-17(15)25(23,24)21-14-9-7-13(8-10-14)16-12-20-18-6-3-11-22(16)18/h1-2,4-5,7-10,12,21H,3,6,11H2. The number of aryl methyl sites for hydroxylation is 1. The molecular weight excluding hydrogens is 341 g/mol. The molecule has 5 nitrogen and oxygen atoms in total. The van der Waals surface area contributed by atoms with Crippen LogP contribution in [0.1, 0.15) is 12.2 Å². The molecule has 1 aliphatic heterocycles. The van der Waals surface area contributed by atoms with Crippen LogP contribution in [0.15, 0.2) is 59.6 Å². The molecule has 2 aromatic carbocycles. The predicted octanol–water partition coefficient (Wildman–Crippen LogP) is 3.44. The summed E-state index contributed by atoms with van der Waals surface area (Å²) in [4.78, 5) is 4.05. The van der Waals surface area contributed by atoms with Gasteiger partial charge >= 0.3 is 0 Å². The predicted molar refractivity (Wildman–Crippen MR) is 93.2 cm³/mol. The Kier molecular flexibility index (Phi) is 3.80. The zero-order valence-corrected chi connectivity index (χ0v) is 14.1. The largest absolute Gasteiger partial charge is 0.328 e. The van der Waals surface area contributed by atoms with Crippen molar-refractivity contribution in [3.05, 3.63) is 66.4 Å². The van der Waals surface area contributed by atoms with Gasteiger partial charge in [-0.3, -0.25) is 4.72 Å². The average Bonchev–Trinajstić information content (AvgIpc) is 3.19.